The van der Waals surface area contributed by atoms with Gasteiger partial charge in [-0.2, -0.15) is 0 Å². The maximum atomic E-state index is 8.36. The molecular weight excluding hydrogens is 289 g/mol. The van der Waals surface area contributed by atoms with Crippen LogP contribution in [0.25, 0.3) is 0 Å². The number of carbonyl (C=O) groups is 3. The number of hydrogen-bond acceptors (Lipinski definition) is 3. The molecule has 10 heavy (non-hydrogen) atoms. The minimum atomic E-state index is -0.250. The third-order valence-electron chi connectivity index (χ3n) is 0. The standard InChI is InChI=1S/3CH2O2.Gd/c3*2-1-3;/h3*1H,(H,2,3);. The second kappa shape index (κ2) is 69.9. The van der Waals surface area contributed by atoms with Crippen LogP contribution in [0.1, 0.15) is 0 Å². The van der Waals surface area contributed by atoms with Crippen molar-refractivity contribution in [2.75, 3.05) is 0 Å². The summed E-state index contributed by atoms with van der Waals surface area (Å²) < 4.78 is 0. The zero-order valence-electron chi connectivity index (χ0n) is 4.65. The van der Waals surface area contributed by atoms with Gasteiger partial charge in [0.2, 0.25) is 0 Å². The zero-order chi connectivity index (χ0) is 8.12. The molecule has 3 N–H and O–H groups in total. The molecule has 0 unspecified atom stereocenters. The molecule has 0 aromatic heterocycles. The molecular formula is C3H6GdO6. The van der Waals surface area contributed by atoms with Gasteiger partial charge in [-0.1, -0.05) is 0 Å². The van der Waals surface area contributed by atoms with Crippen LogP contribution < -0.4 is 0 Å². The van der Waals surface area contributed by atoms with Crippen LogP contribution in [0.15, 0.2) is 0 Å². The largest absolute Gasteiger partial charge is 0.483 e. The predicted molar refractivity (Wildman–Crippen MR) is 26.1 cm³/mol. The molecule has 6 nitrogen and oxygen atoms in total. The van der Waals surface area contributed by atoms with Crippen molar-refractivity contribution in [2.24, 2.45) is 0 Å². The van der Waals surface area contributed by atoms with Gasteiger partial charge >= 0.3 is 0 Å². The summed E-state index contributed by atoms with van der Waals surface area (Å²) in [7, 11) is 0. The first-order chi connectivity index (χ1) is 4.24. The van der Waals surface area contributed by atoms with E-state index in [4.69, 9.17) is 29.7 Å². The van der Waals surface area contributed by atoms with Crippen LogP contribution in [-0.2, 0) is 14.4 Å². The fourth-order valence-electron chi connectivity index (χ4n) is 0. The summed E-state index contributed by atoms with van der Waals surface area (Å²) in [5.74, 6) is 0. The van der Waals surface area contributed by atoms with Crippen molar-refractivity contribution >= 4 is 19.4 Å². The Morgan fingerprint density at radius 3 is 0.700 bits per heavy atom. The van der Waals surface area contributed by atoms with Crippen molar-refractivity contribution in [2.45, 2.75) is 0 Å². The van der Waals surface area contributed by atoms with E-state index in [0.29, 0.717) is 0 Å². The van der Waals surface area contributed by atoms with Gasteiger partial charge in [0.05, 0.1) is 0 Å². The van der Waals surface area contributed by atoms with E-state index in [1.165, 1.54) is 0 Å². The molecule has 0 amide bonds. The number of rotatable bonds is 0. The Hall–Kier alpha value is -0.265. The van der Waals surface area contributed by atoms with Gasteiger partial charge in [-0.3, -0.25) is 14.4 Å². The van der Waals surface area contributed by atoms with E-state index >= 15 is 0 Å². The predicted octanol–water partition coefficient (Wildman–Crippen LogP) is -0.898. The summed E-state index contributed by atoms with van der Waals surface area (Å²) in [6.07, 6.45) is 0. The fraction of sp³-hybridized carbons (Fsp3) is 0. The molecule has 0 aromatic carbocycles. The average Bonchev–Trinajstić information content (AvgIpc) is 1.70. The van der Waals surface area contributed by atoms with E-state index < -0.39 is 0 Å². The minimum absolute atomic E-state index is 0. The van der Waals surface area contributed by atoms with E-state index in [1.54, 1.807) is 0 Å². The molecule has 0 saturated carbocycles. The molecule has 0 bridgehead atoms. The van der Waals surface area contributed by atoms with Gasteiger partial charge in [0, 0.05) is 39.9 Å². The van der Waals surface area contributed by atoms with Gasteiger partial charge < -0.3 is 15.3 Å². The molecule has 0 aliphatic heterocycles. The van der Waals surface area contributed by atoms with Crippen molar-refractivity contribution < 1.29 is 69.6 Å². The fourth-order valence-corrected chi connectivity index (χ4v) is 0. The summed E-state index contributed by atoms with van der Waals surface area (Å²) in [5, 5.41) is 20.7. The molecule has 0 aromatic rings. The van der Waals surface area contributed by atoms with E-state index in [-0.39, 0.29) is 59.4 Å². The van der Waals surface area contributed by atoms with Crippen molar-refractivity contribution in [3.63, 3.8) is 0 Å². The van der Waals surface area contributed by atoms with Crippen LogP contribution in [0.5, 0.6) is 0 Å². The molecule has 7 heteroatoms. The topological polar surface area (TPSA) is 112 Å². The maximum Gasteiger partial charge on any atom is 0.290 e. The van der Waals surface area contributed by atoms with Crippen LogP contribution in [0.2, 0.25) is 0 Å². The van der Waals surface area contributed by atoms with E-state index in [2.05, 4.69) is 0 Å². The summed E-state index contributed by atoms with van der Waals surface area (Å²) in [6.45, 7) is -0.750. The third-order valence-corrected chi connectivity index (χ3v) is 0. The van der Waals surface area contributed by atoms with Crippen LogP contribution in [0, 0.1) is 39.9 Å². The third kappa shape index (κ3) is 4980. The first-order valence-electron chi connectivity index (χ1n) is 1.48. The summed E-state index contributed by atoms with van der Waals surface area (Å²) in [4.78, 5) is 25.1. The van der Waals surface area contributed by atoms with Crippen molar-refractivity contribution in [1.29, 1.82) is 0 Å². The second-order valence-electron chi connectivity index (χ2n) is 0.316. The smallest absolute Gasteiger partial charge is 0.290 e. The van der Waals surface area contributed by atoms with Crippen LogP contribution in [-0.4, -0.2) is 34.7 Å². The molecule has 0 atom stereocenters. The molecule has 0 radical (unpaired) electrons. The second-order valence-corrected chi connectivity index (χ2v) is 0.316. The normalized spacial score (nSPS) is 3.60. The Kier molecular flexibility index (Phi) is 158. The maximum absolute atomic E-state index is 8.36. The van der Waals surface area contributed by atoms with Crippen LogP contribution in [0.4, 0.5) is 0 Å². The van der Waals surface area contributed by atoms with Gasteiger partial charge in [-0.25, -0.2) is 0 Å². The van der Waals surface area contributed by atoms with Crippen molar-refractivity contribution in [3.8, 4) is 0 Å². The van der Waals surface area contributed by atoms with Crippen molar-refractivity contribution in [1.82, 2.24) is 0 Å². The molecule has 0 aliphatic rings. The van der Waals surface area contributed by atoms with Crippen molar-refractivity contribution in [3.05, 3.63) is 0 Å². The first kappa shape index (κ1) is 22.6. The quantitative estimate of drug-likeness (QED) is 0.499. The average molecular weight is 295 g/mol. The molecule has 62 valence electrons. The molecule has 0 spiro atoms. The number of carboxylic acid groups (broad SMARTS) is 3. The summed E-state index contributed by atoms with van der Waals surface area (Å²) in [6, 6.07) is 0. The molecule has 0 rings (SSSR count). The SMILES string of the molecule is O=CO.O=CO.O=CO.[Gd]. The Morgan fingerprint density at radius 2 is 0.700 bits per heavy atom. The Morgan fingerprint density at radius 1 is 0.700 bits per heavy atom. The minimum Gasteiger partial charge on any atom is -0.483 e. The molecule has 0 heterocycles. The van der Waals surface area contributed by atoms with Gasteiger partial charge in [-0.05, 0) is 0 Å². The molecule has 0 saturated heterocycles. The number of hydrogen-bond donors (Lipinski definition) is 3. The monoisotopic (exact) mass is 296 g/mol. The van der Waals surface area contributed by atoms with E-state index in [1.807, 2.05) is 0 Å². The Bertz CT molecular complexity index is 49.7. The summed E-state index contributed by atoms with van der Waals surface area (Å²) in [5.41, 5.74) is 0. The van der Waals surface area contributed by atoms with E-state index in [9.17, 15) is 0 Å². The Labute approximate surface area is 88.5 Å². The molecule has 0 fully saturated rings. The van der Waals surface area contributed by atoms with Crippen LogP contribution >= 0.6 is 0 Å². The van der Waals surface area contributed by atoms with E-state index in [0.717, 1.165) is 0 Å². The zero-order valence-corrected chi connectivity index (χ0v) is 6.92. The van der Waals surface area contributed by atoms with Gasteiger partial charge in [-0.15, -0.1) is 0 Å². The first-order valence-corrected chi connectivity index (χ1v) is 1.48. The molecule has 0 aliphatic carbocycles. The van der Waals surface area contributed by atoms with Gasteiger partial charge in [0.1, 0.15) is 0 Å². The Balaban J connectivity index is -0.0000000257. The van der Waals surface area contributed by atoms with Gasteiger partial charge in [0.15, 0.2) is 0 Å². The van der Waals surface area contributed by atoms with Crippen LogP contribution in [0.3, 0.4) is 0 Å². The van der Waals surface area contributed by atoms with Gasteiger partial charge in [0.25, 0.3) is 19.4 Å². The summed E-state index contributed by atoms with van der Waals surface area (Å²) >= 11 is 0.